The highest BCUT2D eigenvalue weighted by molar-refractivity contribution is 5.87. The highest BCUT2D eigenvalue weighted by Crippen LogP contribution is 2.19. The zero-order chi connectivity index (χ0) is 13.9. The molecule has 1 amide bonds. The third kappa shape index (κ3) is 3.77. The second kappa shape index (κ2) is 8.13. The first kappa shape index (κ1) is 18.4. The summed E-state index contributed by atoms with van der Waals surface area (Å²) in [5.74, 6) is 0.102. The molecule has 0 bridgehead atoms. The van der Waals surface area contributed by atoms with Crippen LogP contribution in [0.2, 0.25) is 0 Å². The van der Waals surface area contributed by atoms with Gasteiger partial charge in [0.1, 0.15) is 6.04 Å². The monoisotopic (exact) mass is 339 g/mol. The fraction of sp³-hybridized carbons (Fsp3) is 0.250. The molecule has 0 aliphatic carbocycles. The SMILES string of the molecule is CN(Cc1cccc2cnccc12)C(=O)C1C=CCN1.Cl.Cl. The average molecular weight is 340 g/mol. The van der Waals surface area contributed by atoms with Crippen molar-refractivity contribution < 1.29 is 4.79 Å². The van der Waals surface area contributed by atoms with Gasteiger partial charge in [-0.15, -0.1) is 24.8 Å². The summed E-state index contributed by atoms with van der Waals surface area (Å²) in [5, 5.41) is 5.40. The van der Waals surface area contributed by atoms with Gasteiger partial charge in [0.05, 0.1) is 0 Å². The number of benzene rings is 1. The Morgan fingerprint density at radius 3 is 2.91 bits per heavy atom. The standard InChI is InChI=1S/C16H17N3O.2ClH/c1-19(16(20)15-6-3-8-18-15)11-13-5-2-4-12-10-17-9-7-14(12)13;;/h2-7,9-10,15,18H,8,11H2,1H3;2*1H. The lowest BCUT2D eigenvalue weighted by atomic mass is 10.1. The van der Waals surface area contributed by atoms with Crippen LogP contribution >= 0.6 is 24.8 Å². The van der Waals surface area contributed by atoms with Crippen LogP contribution in [0.1, 0.15) is 5.56 Å². The van der Waals surface area contributed by atoms with E-state index in [1.807, 2.05) is 43.6 Å². The number of hydrogen-bond acceptors (Lipinski definition) is 3. The van der Waals surface area contributed by atoms with Gasteiger partial charge in [-0.1, -0.05) is 30.4 Å². The molecule has 1 aliphatic rings. The molecule has 6 heteroatoms. The second-order valence-electron chi connectivity index (χ2n) is 5.02. The Hall–Kier alpha value is -1.62. The molecule has 1 atom stereocenters. The number of nitrogens with zero attached hydrogens (tertiary/aromatic N) is 2. The van der Waals surface area contributed by atoms with Crippen LogP contribution in [-0.2, 0) is 11.3 Å². The number of carbonyl (C=O) groups is 1. The largest absolute Gasteiger partial charge is 0.340 e. The molecule has 1 aliphatic heterocycles. The first-order valence-electron chi connectivity index (χ1n) is 6.72. The minimum absolute atomic E-state index is 0. The molecule has 0 saturated heterocycles. The van der Waals surface area contributed by atoms with Crippen LogP contribution < -0.4 is 5.32 Å². The smallest absolute Gasteiger partial charge is 0.243 e. The summed E-state index contributed by atoms with van der Waals surface area (Å²) in [7, 11) is 1.84. The van der Waals surface area contributed by atoms with Gasteiger partial charge in [-0.3, -0.25) is 15.1 Å². The molecule has 0 radical (unpaired) electrons. The van der Waals surface area contributed by atoms with E-state index in [9.17, 15) is 4.79 Å². The van der Waals surface area contributed by atoms with Crippen molar-refractivity contribution in [2.24, 2.45) is 0 Å². The molecular formula is C16H19Cl2N3O. The van der Waals surface area contributed by atoms with E-state index in [0.29, 0.717) is 6.54 Å². The van der Waals surface area contributed by atoms with Crippen LogP contribution in [0.5, 0.6) is 0 Å². The van der Waals surface area contributed by atoms with Crippen LogP contribution in [0.3, 0.4) is 0 Å². The number of halogens is 2. The Morgan fingerprint density at radius 2 is 2.18 bits per heavy atom. The van der Waals surface area contributed by atoms with Crippen molar-refractivity contribution in [1.29, 1.82) is 0 Å². The Balaban J connectivity index is 0.00000121. The Bertz CT molecular complexity index is 670. The van der Waals surface area contributed by atoms with Crippen molar-refractivity contribution in [3.05, 3.63) is 54.4 Å². The van der Waals surface area contributed by atoms with Crippen molar-refractivity contribution in [2.45, 2.75) is 12.6 Å². The topological polar surface area (TPSA) is 45.2 Å². The number of amides is 1. The summed E-state index contributed by atoms with van der Waals surface area (Å²) in [4.78, 5) is 18.2. The molecule has 0 saturated carbocycles. The lowest BCUT2D eigenvalue weighted by Gasteiger charge is -2.21. The molecule has 22 heavy (non-hydrogen) atoms. The van der Waals surface area contributed by atoms with Gasteiger partial charge in [-0.2, -0.15) is 0 Å². The van der Waals surface area contributed by atoms with Crippen LogP contribution in [0.25, 0.3) is 10.8 Å². The molecule has 2 heterocycles. The fourth-order valence-corrected chi connectivity index (χ4v) is 2.54. The van der Waals surface area contributed by atoms with Crippen molar-refractivity contribution in [2.75, 3.05) is 13.6 Å². The quantitative estimate of drug-likeness (QED) is 0.874. The third-order valence-corrected chi connectivity index (χ3v) is 3.60. The van der Waals surface area contributed by atoms with Crippen molar-refractivity contribution in [3.63, 3.8) is 0 Å². The zero-order valence-corrected chi connectivity index (χ0v) is 13.9. The predicted molar refractivity (Wildman–Crippen MR) is 93.6 cm³/mol. The number of nitrogens with one attached hydrogen (secondary N) is 1. The predicted octanol–water partition coefficient (Wildman–Crippen LogP) is 2.56. The highest BCUT2D eigenvalue weighted by Gasteiger charge is 2.21. The maximum atomic E-state index is 12.3. The van der Waals surface area contributed by atoms with Gasteiger partial charge in [0.2, 0.25) is 5.91 Å². The minimum atomic E-state index is -0.184. The fourth-order valence-electron chi connectivity index (χ4n) is 2.54. The lowest BCUT2D eigenvalue weighted by Crippen LogP contribution is -2.41. The first-order chi connectivity index (χ1) is 9.75. The summed E-state index contributed by atoms with van der Waals surface area (Å²) in [6.07, 6.45) is 7.54. The number of hydrogen-bond donors (Lipinski definition) is 1. The summed E-state index contributed by atoms with van der Waals surface area (Å²) >= 11 is 0. The first-order valence-corrected chi connectivity index (χ1v) is 6.72. The van der Waals surface area contributed by atoms with E-state index in [1.165, 1.54) is 0 Å². The maximum absolute atomic E-state index is 12.3. The molecule has 0 fully saturated rings. The highest BCUT2D eigenvalue weighted by atomic mass is 35.5. The van der Waals surface area contributed by atoms with Gasteiger partial charge in [-0.25, -0.2) is 0 Å². The van der Waals surface area contributed by atoms with Crippen LogP contribution in [0, 0.1) is 0 Å². The van der Waals surface area contributed by atoms with Crippen LogP contribution in [0.15, 0.2) is 48.8 Å². The lowest BCUT2D eigenvalue weighted by molar-refractivity contribution is -0.131. The number of likely N-dealkylation sites (N-methyl/N-ethyl adjacent to an activating group) is 1. The summed E-state index contributed by atoms with van der Waals surface area (Å²) < 4.78 is 0. The molecule has 1 N–H and O–H groups in total. The van der Waals surface area contributed by atoms with Gasteiger partial charge < -0.3 is 4.90 Å². The van der Waals surface area contributed by atoms with Gasteiger partial charge in [0.15, 0.2) is 0 Å². The normalized spacial score (nSPS) is 16.0. The van der Waals surface area contributed by atoms with E-state index in [1.54, 1.807) is 11.1 Å². The second-order valence-corrected chi connectivity index (χ2v) is 5.02. The number of aromatic nitrogens is 1. The molecule has 2 aromatic rings. The molecule has 1 aromatic carbocycles. The van der Waals surface area contributed by atoms with E-state index in [2.05, 4.69) is 16.4 Å². The summed E-state index contributed by atoms with van der Waals surface area (Å²) in [5.41, 5.74) is 1.14. The molecule has 0 spiro atoms. The zero-order valence-electron chi connectivity index (χ0n) is 12.2. The molecular weight excluding hydrogens is 321 g/mol. The summed E-state index contributed by atoms with van der Waals surface area (Å²) in [6, 6.07) is 7.91. The number of rotatable bonds is 3. The van der Waals surface area contributed by atoms with Gasteiger partial charge >= 0.3 is 0 Å². The summed E-state index contributed by atoms with van der Waals surface area (Å²) in [6.45, 7) is 1.37. The van der Waals surface area contributed by atoms with Gasteiger partial charge in [0.25, 0.3) is 0 Å². The third-order valence-electron chi connectivity index (χ3n) is 3.60. The van der Waals surface area contributed by atoms with Crippen LogP contribution in [0.4, 0.5) is 0 Å². The van der Waals surface area contributed by atoms with E-state index in [4.69, 9.17) is 0 Å². The Kier molecular flexibility index (Phi) is 6.81. The maximum Gasteiger partial charge on any atom is 0.243 e. The van der Waals surface area contributed by atoms with E-state index in [0.717, 1.165) is 22.9 Å². The van der Waals surface area contributed by atoms with Crippen molar-refractivity contribution in [3.8, 4) is 0 Å². The average Bonchev–Trinajstić information content (AvgIpc) is 3.01. The number of pyridine rings is 1. The minimum Gasteiger partial charge on any atom is -0.340 e. The van der Waals surface area contributed by atoms with E-state index >= 15 is 0 Å². The van der Waals surface area contributed by atoms with E-state index < -0.39 is 0 Å². The molecule has 1 unspecified atom stereocenters. The van der Waals surface area contributed by atoms with Crippen LogP contribution in [-0.4, -0.2) is 35.4 Å². The van der Waals surface area contributed by atoms with Crippen molar-refractivity contribution >= 4 is 41.5 Å². The Labute approximate surface area is 142 Å². The number of carbonyl (C=O) groups excluding carboxylic acids is 1. The van der Waals surface area contributed by atoms with Gasteiger partial charge in [-0.05, 0) is 17.0 Å². The van der Waals surface area contributed by atoms with Gasteiger partial charge in [0, 0.05) is 37.9 Å². The molecule has 4 nitrogen and oxygen atoms in total. The Morgan fingerprint density at radius 1 is 1.36 bits per heavy atom. The van der Waals surface area contributed by atoms with E-state index in [-0.39, 0.29) is 36.8 Å². The molecule has 3 rings (SSSR count). The number of fused-ring (bicyclic) bond motifs is 1. The van der Waals surface area contributed by atoms with Crippen molar-refractivity contribution in [1.82, 2.24) is 15.2 Å². The molecule has 118 valence electrons. The molecule has 1 aromatic heterocycles.